The number of hydrogen-bond acceptors (Lipinski definition) is 4. The minimum atomic E-state index is -2.74. The van der Waals surface area contributed by atoms with Gasteiger partial charge in [-0.25, -0.2) is 4.79 Å². The number of halogens is 2. The minimum absolute atomic E-state index is 0. The summed E-state index contributed by atoms with van der Waals surface area (Å²) in [7, 11) is 0. The second kappa shape index (κ2) is 13.2. The first-order valence-electron chi connectivity index (χ1n) is 3.17. The molecule has 0 bridgehead atoms. The van der Waals surface area contributed by atoms with Crippen LogP contribution in [0.2, 0.25) is 0 Å². The first-order chi connectivity index (χ1) is 5.78. The van der Waals surface area contributed by atoms with E-state index in [0.717, 1.165) is 0 Å². The van der Waals surface area contributed by atoms with E-state index in [1.807, 2.05) is 0 Å². The zero-order chi connectivity index (χ0) is 10.6. The molecule has 0 aliphatic rings. The molecule has 0 rings (SSSR count). The van der Waals surface area contributed by atoms with Crippen molar-refractivity contribution in [3.8, 4) is 0 Å². The Hall–Kier alpha value is 0.716. The number of carbonyl (C=O) groups is 3. The molecular formula is C6H9Cl2MgNaO7. The SMILES string of the molecule is O=C(O)CC(O)(CC(=O)O)C(=O)O.[Cl-].[Cl-].[H-].[Mg+2].[Na+]. The van der Waals surface area contributed by atoms with Gasteiger partial charge in [-0.2, -0.15) is 0 Å². The average Bonchev–Trinajstić information content (AvgIpc) is 1.82. The van der Waals surface area contributed by atoms with Crippen LogP contribution >= 0.6 is 0 Å². The van der Waals surface area contributed by atoms with Crippen LogP contribution in [0.1, 0.15) is 14.3 Å². The first kappa shape index (κ1) is 30.6. The van der Waals surface area contributed by atoms with Crippen molar-refractivity contribution in [2.45, 2.75) is 18.4 Å². The Kier molecular flexibility index (Phi) is 23.7. The van der Waals surface area contributed by atoms with E-state index in [0.29, 0.717) is 0 Å². The smallest absolute Gasteiger partial charge is 1.00 e. The molecule has 4 N–H and O–H groups in total. The zero-order valence-electron chi connectivity index (χ0n) is 9.89. The van der Waals surface area contributed by atoms with Crippen molar-refractivity contribution >= 4 is 41.0 Å². The zero-order valence-corrected chi connectivity index (χ0v) is 13.8. The predicted molar refractivity (Wildman–Crippen MR) is 44.0 cm³/mol. The second-order valence-electron chi connectivity index (χ2n) is 2.48. The molecule has 0 heterocycles. The maximum absolute atomic E-state index is 10.3. The van der Waals surface area contributed by atoms with Crippen LogP contribution in [0.5, 0.6) is 0 Å². The summed E-state index contributed by atoms with van der Waals surface area (Å²) in [6.45, 7) is 0. The monoisotopic (exact) mass is 310 g/mol. The van der Waals surface area contributed by atoms with E-state index in [4.69, 9.17) is 20.4 Å². The molecule has 0 fully saturated rings. The van der Waals surface area contributed by atoms with Gasteiger partial charge in [0, 0.05) is 0 Å². The molecule has 0 aromatic heterocycles. The molecule has 0 radical (unpaired) electrons. The standard InChI is InChI=1S/C6H8O7.2ClH.Mg.Na.H/c7-3(8)1-6(13,5(11)12)2-4(9)10;;;;;/h13H,1-2H2,(H,7,8)(H,9,10)(H,11,12);2*1H;;;/q;;;+2;+1;-1/p-2. The topological polar surface area (TPSA) is 132 Å². The first-order valence-corrected chi connectivity index (χ1v) is 3.17. The number of rotatable bonds is 5. The van der Waals surface area contributed by atoms with Gasteiger partial charge in [-0.05, 0) is 0 Å². The van der Waals surface area contributed by atoms with E-state index in [9.17, 15) is 14.4 Å². The molecule has 0 aromatic carbocycles. The normalized spacial score (nSPS) is 8.29. The Bertz CT molecular complexity index is 252. The molecule has 0 amide bonds. The van der Waals surface area contributed by atoms with Gasteiger partial charge in [0.05, 0.1) is 12.8 Å². The molecule has 0 spiro atoms. The molecule has 0 aliphatic heterocycles. The summed E-state index contributed by atoms with van der Waals surface area (Å²) in [6, 6.07) is 0. The van der Waals surface area contributed by atoms with Crippen LogP contribution in [0.3, 0.4) is 0 Å². The molecule has 0 aromatic rings. The third kappa shape index (κ3) is 13.0. The van der Waals surface area contributed by atoms with Crippen LogP contribution in [-0.4, -0.2) is 67.0 Å². The molecule has 0 unspecified atom stereocenters. The van der Waals surface area contributed by atoms with E-state index in [2.05, 4.69) is 0 Å². The maximum Gasteiger partial charge on any atom is 2.00 e. The second-order valence-corrected chi connectivity index (χ2v) is 2.48. The van der Waals surface area contributed by atoms with Crippen molar-refractivity contribution in [3.63, 3.8) is 0 Å². The van der Waals surface area contributed by atoms with Gasteiger partial charge < -0.3 is 46.7 Å². The van der Waals surface area contributed by atoms with Gasteiger partial charge >= 0.3 is 70.5 Å². The summed E-state index contributed by atoms with van der Waals surface area (Å²) >= 11 is 0. The van der Waals surface area contributed by atoms with Crippen LogP contribution in [0.4, 0.5) is 0 Å². The van der Waals surface area contributed by atoms with Crippen LogP contribution in [0.15, 0.2) is 0 Å². The van der Waals surface area contributed by atoms with Crippen LogP contribution in [0, 0.1) is 0 Å². The third-order valence-electron chi connectivity index (χ3n) is 1.29. The molecule has 92 valence electrons. The van der Waals surface area contributed by atoms with Gasteiger partial charge in [-0.15, -0.1) is 0 Å². The largest absolute Gasteiger partial charge is 2.00 e. The molecular weight excluding hydrogens is 302 g/mol. The van der Waals surface area contributed by atoms with Crippen molar-refractivity contribution in [2.75, 3.05) is 0 Å². The van der Waals surface area contributed by atoms with Crippen molar-refractivity contribution < 1.29 is 90.6 Å². The van der Waals surface area contributed by atoms with Crippen LogP contribution in [0.25, 0.3) is 0 Å². The number of carboxylic acid groups (broad SMARTS) is 3. The molecule has 0 saturated heterocycles. The number of aliphatic hydroxyl groups is 1. The fraction of sp³-hybridized carbons (Fsp3) is 0.500. The summed E-state index contributed by atoms with van der Waals surface area (Å²) in [5.41, 5.74) is -2.74. The minimum Gasteiger partial charge on any atom is -1.00 e. The molecule has 0 aliphatic carbocycles. The van der Waals surface area contributed by atoms with Gasteiger partial charge in [0.1, 0.15) is 0 Å². The molecule has 7 nitrogen and oxygen atoms in total. The van der Waals surface area contributed by atoms with E-state index < -0.39 is 36.4 Å². The van der Waals surface area contributed by atoms with Crippen molar-refractivity contribution in [1.82, 2.24) is 0 Å². The fourth-order valence-electron chi connectivity index (χ4n) is 0.714. The summed E-state index contributed by atoms with van der Waals surface area (Å²) in [5, 5.41) is 33.8. The Labute approximate surface area is 149 Å². The third-order valence-corrected chi connectivity index (χ3v) is 1.29. The summed E-state index contributed by atoms with van der Waals surface area (Å²) in [5.74, 6) is -5.02. The quantitative estimate of drug-likeness (QED) is 0.371. The predicted octanol–water partition coefficient (Wildman–Crippen LogP) is -10.5. The van der Waals surface area contributed by atoms with Gasteiger partial charge in [0.15, 0.2) is 5.60 Å². The number of aliphatic carboxylic acids is 3. The van der Waals surface area contributed by atoms with Gasteiger partial charge in [-0.1, -0.05) is 0 Å². The molecule has 0 atom stereocenters. The maximum atomic E-state index is 10.3. The van der Waals surface area contributed by atoms with E-state index >= 15 is 0 Å². The van der Waals surface area contributed by atoms with Gasteiger partial charge in [0.25, 0.3) is 0 Å². The fourth-order valence-corrected chi connectivity index (χ4v) is 0.714. The number of hydrogen-bond donors (Lipinski definition) is 4. The molecule has 0 saturated carbocycles. The number of carboxylic acids is 3. The van der Waals surface area contributed by atoms with E-state index in [1.54, 1.807) is 0 Å². The summed E-state index contributed by atoms with van der Waals surface area (Å²) in [6.07, 6.45) is -2.29. The van der Waals surface area contributed by atoms with Crippen molar-refractivity contribution in [2.24, 2.45) is 0 Å². The van der Waals surface area contributed by atoms with Gasteiger partial charge in [0.2, 0.25) is 0 Å². The Balaban J connectivity index is -0.0000000720. The van der Waals surface area contributed by atoms with E-state index in [-0.39, 0.29) is 78.9 Å². The Morgan fingerprint density at radius 3 is 1.29 bits per heavy atom. The molecule has 11 heteroatoms. The van der Waals surface area contributed by atoms with Crippen molar-refractivity contribution in [1.29, 1.82) is 0 Å². The Morgan fingerprint density at radius 2 is 1.18 bits per heavy atom. The van der Waals surface area contributed by atoms with Crippen LogP contribution in [-0.2, 0) is 14.4 Å². The Morgan fingerprint density at radius 1 is 0.941 bits per heavy atom. The molecule has 17 heavy (non-hydrogen) atoms. The van der Waals surface area contributed by atoms with Crippen LogP contribution < -0.4 is 54.4 Å². The van der Waals surface area contributed by atoms with E-state index in [1.165, 1.54) is 0 Å². The van der Waals surface area contributed by atoms with Crippen molar-refractivity contribution in [3.05, 3.63) is 0 Å². The summed E-state index contributed by atoms with van der Waals surface area (Å²) in [4.78, 5) is 30.5. The summed E-state index contributed by atoms with van der Waals surface area (Å²) < 4.78 is 0. The van der Waals surface area contributed by atoms with Gasteiger partial charge in [-0.3, -0.25) is 9.59 Å². The average molecular weight is 311 g/mol.